The molecular formula is C6H15OP. The van der Waals surface area contributed by atoms with Crippen molar-refractivity contribution in [3.8, 4) is 0 Å². The van der Waals surface area contributed by atoms with E-state index < -0.39 is 0 Å². The van der Waals surface area contributed by atoms with E-state index in [1.165, 1.54) is 12.8 Å². The van der Waals surface area contributed by atoms with Gasteiger partial charge in [-0.2, -0.15) is 0 Å². The molecule has 0 aliphatic rings. The molecule has 0 saturated heterocycles. The normalized spacial score (nSPS) is 13.9. The average Bonchev–Trinajstić information content (AvgIpc) is 1.66. The molecule has 0 amide bonds. The Kier molecular flexibility index (Phi) is 5.79. The maximum atomic E-state index is 8.74. The molecule has 0 aromatic heterocycles. The van der Waals surface area contributed by atoms with Crippen molar-refractivity contribution < 1.29 is 5.11 Å². The highest BCUT2D eigenvalue weighted by Crippen LogP contribution is 2.06. The van der Waals surface area contributed by atoms with E-state index in [0.717, 1.165) is 12.8 Å². The van der Waals surface area contributed by atoms with E-state index in [4.69, 9.17) is 5.11 Å². The van der Waals surface area contributed by atoms with Gasteiger partial charge in [0.1, 0.15) is 0 Å². The van der Waals surface area contributed by atoms with Crippen LogP contribution in [0.4, 0.5) is 0 Å². The third-order valence-electron chi connectivity index (χ3n) is 1.10. The summed E-state index contributed by atoms with van der Waals surface area (Å²) in [6, 6.07) is 0. The molecule has 0 aliphatic heterocycles. The molecule has 0 bridgehead atoms. The quantitative estimate of drug-likeness (QED) is 0.459. The van der Waals surface area contributed by atoms with E-state index in [1.54, 1.807) is 0 Å². The highest BCUT2D eigenvalue weighted by atomic mass is 31.0. The second-order valence-corrected chi connectivity index (χ2v) is 2.83. The van der Waals surface area contributed by atoms with Gasteiger partial charge in [0.05, 0.1) is 5.85 Å². The third kappa shape index (κ3) is 6.39. The van der Waals surface area contributed by atoms with Crippen LogP contribution in [0.3, 0.4) is 0 Å². The number of aliphatic hydroxyl groups excluding tert-OH is 1. The Hall–Kier alpha value is 0.390. The smallest absolute Gasteiger partial charge is 0.0673 e. The molecule has 0 radical (unpaired) electrons. The van der Waals surface area contributed by atoms with Crippen LogP contribution in [0.15, 0.2) is 0 Å². The highest BCUT2D eigenvalue weighted by Gasteiger charge is 1.92. The zero-order valence-corrected chi connectivity index (χ0v) is 6.59. The number of unbranched alkanes of at least 4 members (excludes halogenated alkanes) is 2. The Labute approximate surface area is 53.7 Å². The van der Waals surface area contributed by atoms with Crippen molar-refractivity contribution in [3.05, 3.63) is 0 Å². The average molecular weight is 134 g/mol. The van der Waals surface area contributed by atoms with Crippen LogP contribution < -0.4 is 0 Å². The predicted molar refractivity (Wildman–Crippen MR) is 39.9 cm³/mol. The van der Waals surface area contributed by atoms with Crippen LogP contribution >= 0.6 is 9.24 Å². The lowest BCUT2D eigenvalue weighted by atomic mass is 10.2. The third-order valence-corrected chi connectivity index (χ3v) is 1.44. The minimum absolute atomic E-state index is 0.179. The number of hydrogen-bond donors (Lipinski definition) is 1. The largest absolute Gasteiger partial charge is 0.389 e. The summed E-state index contributed by atoms with van der Waals surface area (Å²) in [4.78, 5) is 0. The molecule has 0 heterocycles. The summed E-state index contributed by atoms with van der Waals surface area (Å²) in [6.45, 7) is 2.16. The molecule has 8 heavy (non-hydrogen) atoms. The van der Waals surface area contributed by atoms with Gasteiger partial charge in [-0.25, -0.2) is 0 Å². The van der Waals surface area contributed by atoms with E-state index >= 15 is 0 Å². The molecule has 2 atom stereocenters. The lowest BCUT2D eigenvalue weighted by molar-refractivity contribution is 0.247. The predicted octanol–water partition coefficient (Wildman–Crippen LogP) is 1.76. The van der Waals surface area contributed by atoms with Gasteiger partial charge >= 0.3 is 0 Å². The first-order valence-electron chi connectivity index (χ1n) is 3.21. The zero-order valence-electron chi connectivity index (χ0n) is 5.43. The Morgan fingerprint density at radius 3 is 2.50 bits per heavy atom. The summed E-state index contributed by atoms with van der Waals surface area (Å²) in [5.74, 6) is -0.179. The van der Waals surface area contributed by atoms with Crippen molar-refractivity contribution in [1.82, 2.24) is 0 Å². The van der Waals surface area contributed by atoms with Gasteiger partial charge in [-0.15, -0.1) is 9.24 Å². The van der Waals surface area contributed by atoms with Gasteiger partial charge in [0.15, 0.2) is 0 Å². The van der Waals surface area contributed by atoms with Crippen LogP contribution in [0.2, 0.25) is 0 Å². The van der Waals surface area contributed by atoms with Crippen LogP contribution in [-0.2, 0) is 0 Å². The van der Waals surface area contributed by atoms with Gasteiger partial charge in [-0.05, 0) is 6.42 Å². The number of rotatable bonds is 4. The van der Waals surface area contributed by atoms with E-state index in [9.17, 15) is 0 Å². The summed E-state index contributed by atoms with van der Waals surface area (Å²) in [6.07, 6.45) is 4.56. The summed E-state index contributed by atoms with van der Waals surface area (Å²) in [7, 11) is 2.38. The van der Waals surface area contributed by atoms with Crippen molar-refractivity contribution in [2.75, 3.05) is 0 Å². The summed E-state index contributed by atoms with van der Waals surface area (Å²) < 4.78 is 0. The first kappa shape index (κ1) is 8.39. The van der Waals surface area contributed by atoms with Gasteiger partial charge in [-0.3, -0.25) is 0 Å². The lowest BCUT2D eigenvalue weighted by Gasteiger charge is -2.00. The molecule has 0 aromatic rings. The Bertz CT molecular complexity index is 45.8. The van der Waals surface area contributed by atoms with Gasteiger partial charge < -0.3 is 5.11 Å². The topological polar surface area (TPSA) is 20.2 Å². The van der Waals surface area contributed by atoms with Crippen molar-refractivity contribution in [2.45, 2.75) is 38.5 Å². The second-order valence-electron chi connectivity index (χ2n) is 2.06. The van der Waals surface area contributed by atoms with Crippen molar-refractivity contribution in [1.29, 1.82) is 0 Å². The Morgan fingerprint density at radius 2 is 2.12 bits per heavy atom. The van der Waals surface area contributed by atoms with E-state index in [-0.39, 0.29) is 5.85 Å². The molecule has 0 rings (SSSR count). The SMILES string of the molecule is CCCCC[C@@H](O)P. The van der Waals surface area contributed by atoms with Crippen LogP contribution in [0.25, 0.3) is 0 Å². The minimum Gasteiger partial charge on any atom is -0.389 e. The molecule has 0 fully saturated rings. The van der Waals surface area contributed by atoms with Crippen molar-refractivity contribution >= 4 is 9.24 Å². The first-order chi connectivity index (χ1) is 3.77. The van der Waals surface area contributed by atoms with Crippen LogP contribution in [0.1, 0.15) is 32.6 Å². The van der Waals surface area contributed by atoms with Gasteiger partial charge in [0, 0.05) is 0 Å². The molecule has 0 aromatic carbocycles. The Morgan fingerprint density at radius 1 is 1.50 bits per heavy atom. The Balaban J connectivity index is 2.72. The molecule has 0 spiro atoms. The van der Waals surface area contributed by atoms with Crippen molar-refractivity contribution in [2.24, 2.45) is 0 Å². The van der Waals surface area contributed by atoms with Crippen LogP contribution in [0.5, 0.6) is 0 Å². The van der Waals surface area contributed by atoms with Gasteiger partial charge in [-0.1, -0.05) is 26.2 Å². The van der Waals surface area contributed by atoms with Gasteiger partial charge in [0.25, 0.3) is 0 Å². The summed E-state index contributed by atoms with van der Waals surface area (Å²) >= 11 is 0. The maximum absolute atomic E-state index is 8.74. The van der Waals surface area contributed by atoms with Gasteiger partial charge in [0.2, 0.25) is 0 Å². The fourth-order valence-corrected chi connectivity index (χ4v) is 0.839. The first-order valence-corrected chi connectivity index (χ1v) is 3.87. The monoisotopic (exact) mass is 134 g/mol. The molecule has 1 unspecified atom stereocenters. The summed E-state index contributed by atoms with van der Waals surface area (Å²) in [5, 5.41) is 8.74. The van der Waals surface area contributed by atoms with Crippen LogP contribution in [-0.4, -0.2) is 11.0 Å². The number of aliphatic hydroxyl groups is 1. The van der Waals surface area contributed by atoms with E-state index in [0.29, 0.717) is 0 Å². The zero-order chi connectivity index (χ0) is 6.41. The molecule has 0 aliphatic carbocycles. The second kappa shape index (κ2) is 5.53. The van der Waals surface area contributed by atoms with E-state index in [1.807, 2.05) is 0 Å². The molecule has 1 nitrogen and oxygen atoms in total. The highest BCUT2D eigenvalue weighted by molar-refractivity contribution is 7.17. The van der Waals surface area contributed by atoms with Crippen LogP contribution in [0, 0.1) is 0 Å². The number of hydrogen-bond acceptors (Lipinski definition) is 1. The van der Waals surface area contributed by atoms with Crippen molar-refractivity contribution in [3.63, 3.8) is 0 Å². The fraction of sp³-hybridized carbons (Fsp3) is 1.00. The molecule has 2 heteroatoms. The fourth-order valence-electron chi connectivity index (χ4n) is 0.603. The summed E-state index contributed by atoms with van der Waals surface area (Å²) in [5.41, 5.74) is 0. The standard InChI is InChI=1S/C6H15OP/c1-2-3-4-5-6(7)8/h6-7H,2-5,8H2,1H3/t6-/m0/s1. The molecule has 50 valence electrons. The lowest BCUT2D eigenvalue weighted by Crippen LogP contribution is -1.92. The molecular weight excluding hydrogens is 119 g/mol. The molecule has 0 saturated carbocycles. The van der Waals surface area contributed by atoms with E-state index in [2.05, 4.69) is 16.2 Å². The molecule has 1 N–H and O–H groups in total. The minimum atomic E-state index is -0.179. The maximum Gasteiger partial charge on any atom is 0.0673 e.